The van der Waals surface area contributed by atoms with Crippen molar-refractivity contribution in [1.82, 2.24) is 19.9 Å². The standard InChI is InChI=1S/C24H34N6O3/c1-32-17-19-14-30(26-25-19)15-20-13-18-7-8-29(20)16-21(18)24(31)28-11-9-27(10-12-28)22-5-3-4-6-23(22)33-2/h3-6,14,18,20-21H,7-13,15-17H2,1-2H3/p+1/t18-,20-,21+/m1/s1. The van der Waals surface area contributed by atoms with Crippen LogP contribution in [0.3, 0.4) is 0 Å². The van der Waals surface area contributed by atoms with Crippen LogP contribution in [-0.4, -0.2) is 85.3 Å². The fraction of sp³-hybridized carbons (Fsp3) is 0.625. The number of piperidine rings is 3. The molecule has 1 aromatic carbocycles. The van der Waals surface area contributed by atoms with E-state index in [2.05, 4.69) is 26.2 Å². The van der Waals surface area contributed by atoms with Crippen molar-refractivity contribution >= 4 is 11.6 Å². The van der Waals surface area contributed by atoms with E-state index in [1.807, 2.05) is 29.1 Å². The maximum Gasteiger partial charge on any atom is 0.231 e. The molecule has 0 radical (unpaired) electrons. The highest BCUT2D eigenvalue weighted by atomic mass is 16.5. The number of aromatic nitrogens is 3. The molecule has 9 heteroatoms. The number of amides is 1. The molecular weight excluding hydrogens is 420 g/mol. The van der Waals surface area contributed by atoms with Crippen LogP contribution in [0.15, 0.2) is 30.5 Å². The normalized spacial score (nSPS) is 27.1. The van der Waals surface area contributed by atoms with Gasteiger partial charge in [-0.3, -0.25) is 4.79 Å². The molecule has 4 aliphatic heterocycles. The van der Waals surface area contributed by atoms with Gasteiger partial charge in [0.15, 0.2) is 0 Å². The molecule has 4 aliphatic rings. The zero-order valence-electron chi connectivity index (χ0n) is 19.7. The third kappa shape index (κ3) is 4.56. The molecule has 4 atom stereocenters. The Bertz CT molecular complexity index is 957. The summed E-state index contributed by atoms with van der Waals surface area (Å²) in [5.41, 5.74) is 1.98. The minimum atomic E-state index is 0.155. The molecule has 1 unspecified atom stereocenters. The van der Waals surface area contributed by atoms with Crippen molar-refractivity contribution < 1.29 is 19.2 Å². The Morgan fingerprint density at radius 3 is 2.73 bits per heavy atom. The maximum absolute atomic E-state index is 13.5. The van der Waals surface area contributed by atoms with Crippen LogP contribution in [0, 0.1) is 11.8 Å². The smallest absolute Gasteiger partial charge is 0.231 e. The van der Waals surface area contributed by atoms with Crippen molar-refractivity contribution in [3.63, 3.8) is 0 Å². The largest absolute Gasteiger partial charge is 0.495 e. The van der Waals surface area contributed by atoms with Gasteiger partial charge in [-0.1, -0.05) is 17.3 Å². The minimum Gasteiger partial charge on any atom is -0.495 e. The molecule has 2 bridgehead atoms. The van der Waals surface area contributed by atoms with E-state index < -0.39 is 0 Å². The van der Waals surface area contributed by atoms with Gasteiger partial charge in [0.1, 0.15) is 17.5 Å². The quantitative estimate of drug-likeness (QED) is 0.637. The molecule has 1 amide bonds. The first-order valence-electron chi connectivity index (χ1n) is 12.1. The Morgan fingerprint density at radius 2 is 2.00 bits per heavy atom. The summed E-state index contributed by atoms with van der Waals surface area (Å²) < 4.78 is 12.6. The summed E-state index contributed by atoms with van der Waals surface area (Å²) in [5.74, 6) is 1.89. The number of carbonyl (C=O) groups excluding carboxylic acids is 1. The summed E-state index contributed by atoms with van der Waals surface area (Å²) in [5, 5.41) is 8.45. The number of nitrogens with zero attached hydrogens (tertiary/aromatic N) is 5. The predicted octanol–water partition coefficient (Wildman–Crippen LogP) is 0.0752. The van der Waals surface area contributed by atoms with E-state index in [1.165, 1.54) is 0 Å². The molecule has 4 saturated heterocycles. The van der Waals surface area contributed by atoms with Crippen molar-refractivity contribution in [2.75, 3.05) is 58.4 Å². The fourth-order valence-corrected chi connectivity index (χ4v) is 5.96. The molecule has 2 aromatic rings. The van der Waals surface area contributed by atoms with Crippen LogP contribution in [-0.2, 0) is 22.7 Å². The number of quaternary nitrogens is 1. The van der Waals surface area contributed by atoms with E-state index in [0.29, 0.717) is 24.5 Å². The van der Waals surface area contributed by atoms with Gasteiger partial charge < -0.3 is 24.2 Å². The highest BCUT2D eigenvalue weighted by Crippen LogP contribution is 2.31. The van der Waals surface area contributed by atoms with Gasteiger partial charge in [0.2, 0.25) is 5.91 Å². The number of methoxy groups -OCH3 is 2. The van der Waals surface area contributed by atoms with E-state index in [9.17, 15) is 4.79 Å². The lowest BCUT2D eigenvalue weighted by Gasteiger charge is -2.47. The van der Waals surface area contributed by atoms with Crippen LogP contribution >= 0.6 is 0 Å². The van der Waals surface area contributed by atoms with Gasteiger partial charge in [-0.2, -0.15) is 0 Å². The number of carbonyl (C=O) groups is 1. The number of hydrogen-bond acceptors (Lipinski definition) is 6. The zero-order valence-corrected chi connectivity index (χ0v) is 19.7. The van der Waals surface area contributed by atoms with Crippen molar-refractivity contribution in [2.45, 2.75) is 32.0 Å². The number of rotatable bonds is 7. The Morgan fingerprint density at radius 1 is 1.18 bits per heavy atom. The number of piperazine rings is 1. The van der Waals surface area contributed by atoms with E-state index in [4.69, 9.17) is 9.47 Å². The Labute approximate surface area is 195 Å². The summed E-state index contributed by atoms with van der Waals surface area (Å²) in [6.07, 6.45) is 4.22. The fourth-order valence-electron chi connectivity index (χ4n) is 5.96. The number of fused-ring (bicyclic) bond motifs is 3. The number of hydrogen-bond donors (Lipinski definition) is 1. The van der Waals surface area contributed by atoms with E-state index in [-0.39, 0.29) is 5.92 Å². The van der Waals surface area contributed by atoms with Crippen LogP contribution < -0.4 is 14.5 Å². The van der Waals surface area contributed by atoms with Crippen molar-refractivity contribution in [1.29, 1.82) is 0 Å². The van der Waals surface area contributed by atoms with Crippen LogP contribution in [0.25, 0.3) is 0 Å². The monoisotopic (exact) mass is 455 g/mol. The van der Waals surface area contributed by atoms with Gasteiger partial charge >= 0.3 is 0 Å². The molecule has 0 saturated carbocycles. The van der Waals surface area contributed by atoms with E-state index in [1.54, 1.807) is 19.1 Å². The second kappa shape index (κ2) is 9.69. The second-order valence-electron chi connectivity index (χ2n) is 9.55. The Hall–Kier alpha value is -2.65. The first kappa shape index (κ1) is 22.2. The van der Waals surface area contributed by atoms with Crippen molar-refractivity contribution in [2.24, 2.45) is 11.8 Å². The van der Waals surface area contributed by atoms with Gasteiger partial charge in [-0.05, 0) is 18.1 Å². The maximum atomic E-state index is 13.5. The Kier molecular flexibility index (Phi) is 6.50. The number of ether oxygens (including phenoxy) is 2. The molecule has 0 aliphatic carbocycles. The lowest BCUT2D eigenvalue weighted by molar-refractivity contribution is -0.945. The predicted molar refractivity (Wildman–Crippen MR) is 123 cm³/mol. The lowest BCUT2D eigenvalue weighted by Crippen LogP contribution is -3.20. The number of nitrogens with one attached hydrogen (secondary N) is 1. The number of anilines is 1. The molecule has 1 N–H and O–H groups in total. The molecule has 9 nitrogen and oxygen atoms in total. The Balaban J connectivity index is 1.16. The van der Waals surface area contributed by atoms with Gasteiger partial charge in [-0.15, -0.1) is 5.10 Å². The third-order valence-corrected chi connectivity index (χ3v) is 7.67. The second-order valence-corrected chi connectivity index (χ2v) is 9.55. The van der Waals surface area contributed by atoms with Gasteiger partial charge in [0.25, 0.3) is 0 Å². The third-order valence-electron chi connectivity index (χ3n) is 7.67. The molecule has 4 fully saturated rings. The van der Waals surface area contributed by atoms with Gasteiger partial charge in [-0.25, -0.2) is 4.68 Å². The molecule has 33 heavy (non-hydrogen) atoms. The van der Waals surface area contributed by atoms with Crippen LogP contribution in [0.2, 0.25) is 0 Å². The van der Waals surface area contributed by atoms with Crippen LogP contribution in [0.4, 0.5) is 5.69 Å². The van der Waals surface area contributed by atoms with E-state index >= 15 is 0 Å². The molecule has 178 valence electrons. The van der Waals surface area contributed by atoms with Crippen LogP contribution in [0.5, 0.6) is 5.75 Å². The molecule has 0 spiro atoms. The average molecular weight is 456 g/mol. The highest BCUT2D eigenvalue weighted by molar-refractivity contribution is 5.80. The first-order valence-corrected chi connectivity index (χ1v) is 12.1. The van der Waals surface area contributed by atoms with E-state index in [0.717, 1.165) is 75.8 Å². The summed E-state index contributed by atoms with van der Waals surface area (Å²) in [7, 11) is 3.38. The average Bonchev–Trinajstić information content (AvgIpc) is 3.31. The van der Waals surface area contributed by atoms with Gasteiger partial charge in [0.05, 0.1) is 51.2 Å². The zero-order chi connectivity index (χ0) is 22.8. The molecule has 1 aromatic heterocycles. The number of benzene rings is 1. The lowest BCUT2D eigenvalue weighted by atomic mass is 9.75. The minimum absolute atomic E-state index is 0.155. The molecule has 5 heterocycles. The molecule has 6 rings (SSSR count). The summed E-state index contributed by atoms with van der Waals surface area (Å²) in [6, 6.07) is 8.64. The molecular formula is C24H35N6O3+. The summed E-state index contributed by atoms with van der Waals surface area (Å²) >= 11 is 0. The van der Waals surface area contributed by atoms with Crippen molar-refractivity contribution in [3.8, 4) is 5.75 Å². The topological polar surface area (TPSA) is 77.2 Å². The summed E-state index contributed by atoms with van der Waals surface area (Å²) in [6.45, 7) is 6.70. The first-order chi connectivity index (χ1) is 16.2. The SMILES string of the molecule is COCc1cn(C[C@H]2C[C@H]3CC[NH+]2C[C@@H]3C(=O)N2CCN(c3ccccc3OC)CC2)nn1. The summed E-state index contributed by atoms with van der Waals surface area (Å²) in [4.78, 5) is 19.5. The van der Waals surface area contributed by atoms with Crippen molar-refractivity contribution in [3.05, 3.63) is 36.2 Å². The number of para-hydroxylation sites is 2. The van der Waals surface area contributed by atoms with Crippen LogP contribution in [0.1, 0.15) is 18.5 Å². The highest BCUT2D eigenvalue weighted by Gasteiger charge is 2.48. The van der Waals surface area contributed by atoms with Gasteiger partial charge in [0, 0.05) is 46.1 Å².